The molecule has 0 aliphatic carbocycles. The van der Waals surface area contributed by atoms with Crippen molar-refractivity contribution in [3.05, 3.63) is 83.9 Å². The predicted octanol–water partition coefficient (Wildman–Crippen LogP) is 4.60. The molecule has 0 atom stereocenters. The minimum Gasteiger partial charge on any atom is -0.452 e. The van der Waals surface area contributed by atoms with Crippen molar-refractivity contribution in [2.24, 2.45) is 0 Å². The van der Waals surface area contributed by atoms with Crippen LogP contribution in [0.4, 0.5) is 5.69 Å². The van der Waals surface area contributed by atoms with Gasteiger partial charge in [0.25, 0.3) is 5.91 Å². The zero-order valence-corrected chi connectivity index (χ0v) is 15.1. The molecule has 27 heavy (non-hydrogen) atoms. The molecule has 4 heteroatoms. The van der Waals surface area contributed by atoms with Gasteiger partial charge in [0.2, 0.25) is 0 Å². The highest BCUT2D eigenvalue weighted by Crippen LogP contribution is 2.19. The van der Waals surface area contributed by atoms with Crippen molar-refractivity contribution >= 4 is 34.4 Å². The maximum absolute atomic E-state index is 12.0. The van der Waals surface area contributed by atoms with Gasteiger partial charge in [-0.05, 0) is 40.5 Å². The lowest BCUT2D eigenvalue weighted by atomic mass is 10.0. The third kappa shape index (κ3) is 4.82. The first kappa shape index (κ1) is 18.4. The second kappa shape index (κ2) is 8.81. The SMILES string of the molecule is CCc1ccccc1NC(=O)COC(=O)/C=C/c1cccc2ccccc12. The van der Waals surface area contributed by atoms with Gasteiger partial charge < -0.3 is 10.1 Å². The molecule has 0 fully saturated rings. The number of hydrogen-bond acceptors (Lipinski definition) is 3. The molecule has 0 saturated carbocycles. The highest BCUT2D eigenvalue weighted by molar-refractivity contribution is 5.97. The molecule has 0 aliphatic heterocycles. The number of para-hydroxylation sites is 1. The maximum Gasteiger partial charge on any atom is 0.331 e. The van der Waals surface area contributed by atoms with E-state index >= 15 is 0 Å². The number of carbonyl (C=O) groups is 2. The first-order chi connectivity index (χ1) is 13.2. The molecule has 3 rings (SSSR count). The van der Waals surface area contributed by atoms with E-state index in [1.807, 2.05) is 73.7 Å². The number of ether oxygens (including phenoxy) is 1. The summed E-state index contributed by atoms with van der Waals surface area (Å²) in [5, 5.41) is 4.93. The van der Waals surface area contributed by atoms with Gasteiger partial charge in [-0.3, -0.25) is 4.79 Å². The standard InChI is InChI=1S/C23H21NO3/c1-2-17-8-4-6-13-21(17)24-22(25)16-27-23(26)15-14-19-11-7-10-18-9-3-5-12-20(18)19/h3-15H,2,16H2,1H3,(H,24,25)/b15-14+. The minimum atomic E-state index is -0.554. The average molecular weight is 359 g/mol. The summed E-state index contributed by atoms with van der Waals surface area (Å²) in [7, 11) is 0. The van der Waals surface area contributed by atoms with E-state index in [0.29, 0.717) is 0 Å². The molecule has 0 radical (unpaired) electrons. The van der Waals surface area contributed by atoms with Gasteiger partial charge in [0.05, 0.1) is 0 Å². The van der Waals surface area contributed by atoms with E-state index in [0.717, 1.165) is 34.0 Å². The fraction of sp³-hybridized carbons (Fsp3) is 0.130. The van der Waals surface area contributed by atoms with E-state index in [-0.39, 0.29) is 12.5 Å². The quantitative estimate of drug-likeness (QED) is 0.517. The van der Waals surface area contributed by atoms with Crippen LogP contribution in [0.5, 0.6) is 0 Å². The first-order valence-electron chi connectivity index (χ1n) is 8.87. The zero-order valence-electron chi connectivity index (χ0n) is 15.1. The highest BCUT2D eigenvalue weighted by atomic mass is 16.5. The van der Waals surface area contributed by atoms with Crippen molar-refractivity contribution in [3.63, 3.8) is 0 Å². The summed E-state index contributed by atoms with van der Waals surface area (Å²) >= 11 is 0. The van der Waals surface area contributed by atoms with Crippen molar-refractivity contribution in [1.82, 2.24) is 0 Å². The minimum absolute atomic E-state index is 0.323. The molecule has 136 valence electrons. The molecule has 3 aromatic carbocycles. The Morgan fingerprint density at radius 2 is 1.70 bits per heavy atom. The van der Waals surface area contributed by atoms with Crippen LogP contribution in [-0.4, -0.2) is 18.5 Å². The number of fused-ring (bicyclic) bond motifs is 1. The summed E-state index contributed by atoms with van der Waals surface area (Å²) in [6, 6.07) is 21.4. The van der Waals surface area contributed by atoms with Gasteiger partial charge in [0.1, 0.15) is 0 Å². The zero-order chi connectivity index (χ0) is 19.1. The summed E-state index contributed by atoms with van der Waals surface area (Å²) in [6.07, 6.45) is 3.86. The van der Waals surface area contributed by atoms with Gasteiger partial charge in [0.15, 0.2) is 6.61 Å². The molecule has 0 saturated heterocycles. The third-order valence-electron chi connectivity index (χ3n) is 4.24. The fourth-order valence-electron chi connectivity index (χ4n) is 2.88. The Hall–Kier alpha value is -3.40. The van der Waals surface area contributed by atoms with Crippen LogP contribution in [-0.2, 0) is 20.7 Å². The second-order valence-electron chi connectivity index (χ2n) is 6.07. The van der Waals surface area contributed by atoms with Gasteiger partial charge in [-0.25, -0.2) is 4.79 Å². The topological polar surface area (TPSA) is 55.4 Å². The molecule has 1 N–H and O–H groups in total. The first-order valence-corrected chi connectivity index (χ1v) is 8.87. The number of esters is 1. The van der Waals surface area contributed by atoms with Gasteiger partial charge in [0, 0.05) is 11.8 Å². The lowest BCUT2D eigenvalue weighted by molar-refractivity contribution is -0.142. The molecular weight excluding hydrogens is 338 g/mol. The molecule has 1 amide bonds. The Kier molecular flexibility index (Phi) is 6.00. The van der Waals surface area contributed by atoms with Gasteiger partial charge in [-0.1, -0.05) is 67.6 Å². The second-order valence-corrected chi connectivity index (χ2v) is 6.07. The largest absolute Gasteiger partial charge is 0.452 e. The third-order valence-corrected chi connectivity index (χ3v) is 4.24. The van der Waals surface area contributed by atoms with Gasteiger partial charge >= 0.3 is 5.97 Å². The van der Waals surface area contributed by atoms with Crippen LogP contribution in [0.25, 0.3) is 16.8 Å². The number of carbonyl (C=O) groups excluding carboxylic acids is 2. The molecule has 0 unspecified atom stereocenters. The summed E-state index contributed by atoms with van der Waals surface area (Å²) in [5.74, 6) is -0.912. The average Bonchev–Trinajstić information content (AvgIpc) is 2.71. The number of rotatable bonds is 6. The van der Waals surface area contributed by atoms with E-state index in [1.165, 1.54) is 6.08 Å². The van der Waals surface area contributed by atoms with Gasteiger partial charge in [-0.2, -0.15) is 0 Å². The van der Waals surface area contributed by atoms with Gasteiger partial charge in [-0.15, -0.1) is 0 Å². The van der Waals surface area contributed by atoms with Crippen LogP contribution in [0.3, 0.4) is 0 Å². The molecule has 4 nitrogen and oxygen atoms in total. The Balaban J connectivity index is 1.57. The van der Waals surface area contributed by atoms with Crippen molar-refractivity contribution in [1.29, 1.82) is 0 Å². The molecule has 0 bridgehead atoms. The summed E-state index contributed by atoms with van der Waals surface area (Å²) in [4.78, 5) is 24.0. The van der Waals surface area contributed by atoms with E-state index in [4.69, 9.17) is 4.74 Å². The fourth-order valence-corrected chi connectivity index (χ4v) is 2.88. The lowest BCUT2D eigenvalue weighted by Gasteiger charge is -2.09. The summed E-state index contributed by atoms with van der Waals surface area (Å²) < 4.78 is 5.05. The predicted molar refractivity (Wildman–Crippen MR) is 108 cm³/mol. The van der Waals surface area contributed by atoms with Crippen molar-refractivity contribution in [2.45, 2.75) is 13.3 Å². The number of benzene rings is 3. The highest BCUT2D eigenvalue weighted by Gasteiger charge is 2.08. The van der Waals surface area contributed by atoms with E-state index < -0.39 is 5.97 Å². The Bertz CT molecular complexity index is 986. The monoisotopic (exact) mass is 359 g/mol. The maximum atomic E-state index is 12.0. The number of hydrogen-bond donors (Lipinski definition) is 1. The molecular formula is C23H21NO3. The van der Waals surface area contributed by atoms with Crippen LogP contribution < -0.4 is 5.32 Å². The van der Waals surface area contributed by atoms with Crippen molar-refractivity contribution in [3.8, 4) is 0 Å². The van der Waals surface area contributed by atoms with Crippen LogP contribution in [0, 0.1) is 0 Å². The van der Waals surface area contributed by atoms with E-state index in [1.54, 1.807) is 6.08 Å². The number of nitrogens with one attached hydrogen (secondary N) is 1. The number of anilines is 1. The molecule has 0 heterocycles. The Labute approximate surface area is 158 Å². The van der Waals surface area contributed by atoms with E-state index in [9.17, 15) is 9.59 Å². The summed E-state index contributed by atoms with van der Waals surface area (Å²) in [6.45, 7) is 1.69. The van der Waals surface area contributed by atoms with Crippen LogP contribution in [0.2, 0.25) is 0 Å². The van der Waals surface area contributed by atoms with Crippen LogP contribution in [0.1, 0.15) is 18.1 Å². The number of amides is 1. The molecule has 0 aromatic heterocycles. The molecule has 0 aliphatic rings. The Morgan fingerprint density at radius 1 is 0.963 bits per heavy atom. The lowest BCUT2D eigenvalue weighted by Crippen LogP contribution is -2.20. The van der Waals surface area contributed by atoms with E-state index in [2.05, 4.69) is 5.32 Å². The smallest absolute Gasteiger partial charge is 0.331 e. The van der Waals surface area contributed by atoms with Crippen LogP contribution in [0.15, 0.2) is 72.8 Å². The van der Waals surface area contributed by atoms with Crippen molar-refractivity contribution in [2.75, 3.05) is 11.9 Å². The summed E-state index contributed by atoms with van der Waals surface area (Å²) in [5.41, 5.74) is 2.70. The Morgan fingerprint density at radius 3 is 2.56 bits per heavy atom. The molecule has 0 spiro atoms. The molecule has 3 aromatic rings. The number of aryl methyl sites for hydroxylation is 1. The normalized spacial score (nSPS) is 10.9. The van der Waals surface area contributed by atoms with Crippen LogP contribution >= 0.6 is 0 Å². The van der Waals surface area contributed by atoms with Crippen molar-refractivity contribution < 1.29 is 14.3 Å².